The van der Waals surface area contributed by atoms with Crippen LogP contribution in [0.1, 0.15) is 158 Å². The number of nitro benzene ring substituents is 1. The van der Waals surface area contributed by atoms with Crippen molar-refractivity contribution in [2.75, 3.05) is 67.3 Å². The lowest BCUT2D eigenvalue weighted by Crippen LogP contribution is -2.53. The van der Waals surface area contributed by atoms with E-state index in [0.29, 0.717) is 129 Å². The number of halogens is 2. The molecule has 0 unspecified atom stereocenters. The van der Waals surface area contributed by atoms with Gasteiger partial charge >= 0.3 is 29.8 Å². The van der Waals surface area contributed by atoms with Crippen LogP contribution in [-0.2, 0) is 28.3 Å². The van der Waals surface area contributed by atoms with Gasteiger partial charge in [0.2, 0.25) is 0 Å². The average molecular weight is 1930 g/mol. The summed E-state index contributed by atoms with van der Waals surface area (Å²) in [6.07, 6.45) is 15.7. The number of carbonyl (C=O) groups excluding carboxylic acids is 5. The minimum atomic E-state index is -1.93. The largest absolute Gasteiger partial charge is 0.480 e. The van der Waals surface area contributed by atoms with Crippen LogP contribution >= 0.6 is 23.5 Å². The number of aromatic carboxylic acids is 2. The first-order chi connectivity index (χ1) is 62.5. The minimum absolute atomic E-state index is 0. The van der Waals surface area contributed by atoms with Gasteiger partial charge in [-0.3, -0.25) is 34.1 Å². The molecule has 3 amide bonds. The average Bonchev–Trinajstić information content (AvgIpc) is 1.75. The lowest BCUT2D eigenvalue weighted by molar-refractivity contribution is -0.384. The highest BCUT2D eigenvalue weighted by molar-refractivity contribution is 7.20. The lowest BCUT2D eigenvalue weighted by atomic mass is 9.98. The van der Waals surface area contributed by atoms with Crippen molar-refractivity contribution in [2.45, 2.75) is 203 Å². The first-order valence-electron chi connectivity index (χ1n) is 42.6. The molecular weight excluding hydrogens is 1800 g/mol. The van der Waals surface area contributed by atoms with E-state index in [2.05, 4.69) is 124 Å². The summed E-state index contributed by atoms with van der Waals surface area (Å²) in [7, 11) is 0.344. The Balaban J connectivity index is 0.000000277. The number of esters is 2. The molecule has 5 aliphatic heterocycles. The third-order valence-corrected chi connectivity index (χ3v) is 32.3. The first-order valence-corrected chi connectivity index (χ1v) is 49.5. The summed E-state index contributed by atoms with van der Waals surface area (Å²) >= 11 is 6.15. The molecule has 0 aliphatic carbocycles. The number of hydrogen-bond donors (Lipinski definition) is 12. The standard InChI is InChI=1S/C21H32N4O3Si.C16H18N4O4.C15H18N4O3.C9H7N3O2.C7H5NO4.C7H13NO3.C6H15ClSi.C6H11NO3.CH4O.ClH/c1-21(2,3)29(4,5)28-15-16-10-11-17(26)14-24(16)20(27)18-8-6-7-9-19(18)25-22-12-13-23-25;1-24-16(23)14-7-6-11(21)10-19(14)15(22)12-4-2-3-5-13(12)20-17-8-9-18-20;20-10-11-5-6-12(21)9-18(11)15(22)13-3-1-2-4-14(13)19-16-7-8-17-19;13-9(14)7-3-1-2-4-8(7)12-10-5-6-11-12;9-7(10)5-1-3-6(4-2-5)8(11)12;1-11-7(10)6-3-2-5(9)4-8-6;1-6(2,3)8(4,5)7;8-4-1-2-5(6(9)10)7-3-4;1-2;/h6-9,12-13,16-17,26H,10-11,14-15H2,1-5H3;2-5,8-9,11,14,21H,6-7,10H2,1H3;1-4,7-8,11-12,20-21H,5-6,9-10H2;1-6H,(H,13,14);1-4H,(H,9,10);5-6,8-9H,2-4H2,1H3;1-5H3;4-5,7-8H,1-3H2,(H,9,10);2H,1H3;1H/t16-,17+;11-,14+;11-,12+;;;5-,6+;;4-,5+;;/m010..1.1../s1. The summed E-state index contributed by atoms with van der Waals surface area (Å²) < 4.78 is 15.8. The number of non-ortho nitro benzene ring substituents is 1. The Morgan fingerprint density at radius 1 is 0.451 bits per heavy atom. The molecule has 0 spiro atoms. The molecule has 726 valence electrons. The maximum absolute atomic E-state index is 13.5. The zero-order valence-corrected chi connectivity index (χ0v) is 80.3. The number of nitro groups is 1. The van der Waals surface area contributed by atoms with Crippen molar-refractivity contribution in [3.8, 4) is 22.7 Å². The number of carboxylic acids is 3. The summed E-state index contributed by atoms with van der Waals surface area (Å²) in [6, 6.07) is 30.8. The zero-order valence-electron chi connectivity index (χ0n) is 76.7. The van der Waals surface area contributed by atoms with Crippen LogP contribution in [0.3, 0.4) is 0 Å². The van der Waals surface area contributed by atoms with Gasteiger partial charge in [-0.1, -0.05) is 103 Å². The maximum atomic E-state index is 13.5. The number of β-amino-alcohol motifs (C(OH)–C–C–N with tert-alkyl or cyclic N) is 5. The molecule has 10 atom stereocenters. The van der Waals surface area contributed by atoms with Gasteiger partial charge in [-0.15, -0.1) is 12.4 Å². The second-order valence-electron chi connectivity index (χ2n) is 33.9. The number of hydrogen-bond acceptors (Lipinski definition) is 30. The van der Waals surface area contributed by atoms with E-state index >= 15 is 0 Å². The molecule has 0 saturated carbocycles. The number of amides is 3. The molecule has 9 heterocycles. The van der Waals surface area contributed by atoms with Crippen LogP contribution in [0, 0.1) is 10.1 Å². The van der Waals surface area contributed by atoms with E-state index in [4.69, 9.17) is 50.9 Å². The highest BCUT2D eigenvalue weighted by Crippen LogP contribution is 2.39. The Labute approximate surface area is 783 Å². The first kappa shape index (κ1) is 112. The van der Waals surface area contributed by atoms with Gasteiger partial charge in [0.15, 0.2) is 15.7 Å². The van der Waals surface area contributed by atoms with Crippen molar-refractivity contribution >= 4 is 92.4 Å². The van der Waals surface area contributed by atoms with Gasteiger partial charge in [0.05, 0.1) is 169 Å². The van der Waals surface area contributed by atoms with Crippen molar-refractivity contribution in [1.29, 1.82) is 0 Å². The van der Waals surface area contributed by atoms with E-state index in [1.165, 1.54) is 86.2 Å². The van der Waals surface area contributed by atoms with Crippen LogP contribution in [-0.4, -0.2) is 322 Å². The molecule has 9 aromatic rings. The fraction of sp³-hybridized carbons (Fsp3) is 0.477. The molecule has 14 rings (SSSR count). The Morgan fingerprint density at radius 3 is 1.10 bits per heavy atom. The summed E-state index contributed by atoms with van der Waals surface area (Å²) in [4.78, 5) is 113. The molecule has 5 fully saturated rings. The normalized spacial score (nSPS) is 19.8. The molecule has 5 aromatic carbocycles. The molecule has 4 aromatic heterocycles. The van der Waals surface area contributed by atoms with Crippen LogP contribution < -0.4 is 10.6 Å². The third kappa shape index (κ3) is 33.8. The SMILES string of the molecule is CC(C)(C)[Si](C)(C)Cl.CC(C)(C)[Si](C)(C)OC[C@@H]1CC[C@@H](O)CN1C(=O)c1ccccc1-n1nccn1.CO.COC(=O)[C@@H]1CC[C@@H](O)CN1.COC(=O)[C@@H]1CC[C@@H](O)CN1C(=O)c1ccccc1-n1nccn1.Cl.O=C(O)[C@@H]1CC[C@@H](O)CN1.O=C(O)c1ccc([N+](=O)[O-])cc1.O=C(O)c1ccccc1-n1nccn1.O=C(c1ccccc1-n1nccn1)N1C[C@H](O)CC[C@H]1CO. The lowest BCUT2D eigenvalue weighted by Gasteiger charge is -2.42. The van der Waals surface area contributed by atoms with Gasteiger partial charge in [-0.2, -0.15) is 71.1 Å². The van der Waals surface area contributed by atoms with Crippen molar-refractivity contribution in [3.63, 3.8) is 0 Å². The Hall–Kier alpha value is -11.6. The Morgan fingerprint density at radius 2 is 0.774 bits per heavy atom. The topological polar surface area (TPSA) is 566 Å². The summed E-state index contributed by atoms with van der Waals surface area (Å²) in [5.41, 5.74) is 3.63. The number of carboxylic acid groups (broad SMARTS) is 3. The molecule has 12 N–H and O–H groups in total. The molecule has 45 heteroatoms. The van der Waals surface area contributed by atoms with E-state index < -0.39 is 74.9 Å². The molecule has 5 saturated heterocycles. The monoisotopic (exact) mass is 1930 g/mol. The molecule has 0 radical (unpaired) electrons. The van der Waals surface area contributed by atoms with Crippen molar-refractivity contribution in [3.05, 3.63) is 209 Å². The summed E-state index contributed by atoms with van der Waals surface area (Å²) in [5, 5.41) is 139. The second kappa shape index (κ2) is 54.0. The number of ether oxygens (including phenoxy) is 2. The van der Waals surface area contributed by atoms with Gasteiger partial charge in [0.1, 0.15) is 23.8 Å². The smallest absolute Gasteiger partial charge is 0.337 e. The van der Waals surface area contributed by atoms with Crippen molar-refractivity contribution < 1.29 is 108 Å². The number of aromatic nitrogens is 12. The molecule has 41 nitrogen and oxygen atoms in total. The number of methoxy groups -OCH3 is 2. The predicted octanol–water partition coefficient (Wildman–Crippen LogP) is 7.86. The number of nitrogens with one attached hydrogen (secondary N) is 2. The molecular formula is C88H124Cl2N18O23Si2. The minimum Gasteiger partial charge on any atom is -0.480 e. The fourth-order valence-corrected chi connectivity index (χ4v) is 14.1. The van der Waals surface area contributed by atoms with Crippen LogP contribution in [0.4, 0.5) is 5.69 Å². The molecule has 133 heavy (non-hydrogen) atoms. The number of carbonyl (C=O) groups is 8. The molecule has 0 bridgehead atoms. The van der Waals surface area contributed by atoms with Crippen LogP contribution in [0.15, 0.2) is 171 Å². The quantitative estimate of drug-likeness (QED) is 0.0136. The van der Waals surface area contributed by atoms with Gasteiger partial charge in [-0.05, 0) is 148 Å². The number of rotatable bonds is 17. The third-order valence-electron chi connectivity index (χ3n) is 22.6. The van der Waals surface area contributed by atoms with Crippen LogP contribution in [0.25, 0.3) is 22.7 Å². The van der Waals surface area contributed by atoms with E-state index in [9.17, 15) is 68.9 Å². The number of piperidine rings is 5. The maximum Gasteiger partial charge on any atom is 0.337 e. The zero-order chi connectivity index (χ0) is 97.8. The Bertz CT molecular complexity index is 5030. The van der Waals surface area contributed by atoms with Gasteiger partial charge in [0, 0.05) is 52.0 Å². The Kier molecular flexibility index (Phi) is 45.4. The highest BCUT2D eigenvalue weighted by atomic mass is 35.6. The van der Waals surface area contributed by atoms with E-state index in [-0.39, 0.29) is 108 Å². The van der Waals surface area contributed by atoms with Crippen molar-refractivity contribution in [2.24, 2.45) is 0 Å². The van der Waals surface area contributed by atoms with E-state index in [1.54, 1.807) is 96.4 Å². The number of aliphatic hydroxyl groups excluding tert-OH is 7. The van der Waals surface area contributed by atoms with E-state index in [1.807, 2.05) is 24.3 Å². The number of aliphatic carboxylic acids is 1. The highest BCUT2D eigenvalue weighted by Gasteiger charge is 2.42. The van der Waals surface area contributed by atoms with Gasteiger partial charge in [0.25, 0.3) is 23.4 Å². The number of likely N-dealkylation sites (tertiary alicyclic amines) is 3. The number of aliphatic hydroxyl groups is 7. The van der Waals surface area contributed by atoms with Crippen LogP contribution in [0.2, 0.25) is 36.3 Å². The van der Waals surface area contributed by atoms with Crippen LogP contribution in [0.5, 0.6) is 0 Å². The summed E-state index contributed by atoms with van der Waals surface area (Å²) in [6.45, 7) is 23.9. The van der Waals surface area contributed by atoms with Gasteiger partial charge < -0.3 is 90.3 Å². The number of para-hydroxylation sites is 4. The molecule has 5 aliphatic rings. The summed E-state index contributed by atoms with van der Waals surface area (Å²) in [5.74, 6) is -4.35. The number of nitrogens with zero attached hydrogens (tertiary/aromatic N) is 16. The van der Waals surface area contributed by atoms with E-state index in [0.717, 1.165) is 25.7 Å². The van der Waals surface area contributed by atoms with Gasteiger partial charge in [-0.25, -0.2) is 14.4 Å². The number of benzene rings is 5. The van der Waals surface area contributed by atoms with Crippen molar-refractivity contribution in [1.82, 2.24) is 85.3 Å². The fourth-order valence-electron chi connectivity index (χ4n) is 13.1. The predicted molar refractivity (Wildman–Crippen MR) is 497 cm³/mol. The second-order valence-corrected chi connectivity index (χ2v) is 46.0.